The molecule has 3 aromatic rings. The van der Waals surface area contributed by atoms with E-state index < -0.39 is 0 Å². The van der Waals surface area contributed by atoms with E-state index in [9.17, 15) is 9.59 Å². The second-order valence-electron chi connectivity index (χ2n) is 7.39. The highest BCUT2D eigenvalue weighted by Crippen LogP contribution is 2.33. The Bertz CT molecular complexity index is 959. The fourth-order valence-electron chi connectivity index (χ4n) is 3.92. The first-order valence-electron chi connectivity index (χ1n) is 9.72. The van der Waals surface area contributed by atoms with Crippen molar-refractivity contribution in [3.8, 4) is 0 Å². The molecule has 0 unspecified atom stereocenters. The molecule has 144 valence electrons. The summed E-state index contributed by atoms with van der Waals surface area (Å²) < 4.78 is 5.39. The molecule has 28 heavy (non-hydrogen) atoms. The molecule has 0 saturated heterocycles. The minimum Gasteiger partial charge on any atom is -0.461 e. The second-order valence-corrected chi connectivity index (χ2v) is 7.39. The molecule has 0 bridgehead atoms. The number of ketones is 1. The number of rotatable bonds is 6. The molecule has 1 N–H and O–H groups in total. The van der Waals surface area contributed by atoms with E-state index in [4.69, 9.17) is 4.74 Å². The van der Waals surface area contributed by atoms with Crippen LogP contribution in [0.15, 0.2) is 48.9 Å². The van der Waals surface area contributed by atoms with Gasteiger partial charge in [-0.05, 0) is 43.2 Å². The average molecular weight is 377 g/mol. The molecule has 6 heteroatoms. The molecule has 1 aromatic carbocycles. The van der Waals surface area contributed by atoms with Gasteiger partial charge in [-0.1, -0.05) is 30.3 Å². The molecule has 6 nitrogen and oxygen atoms in total. The first-order chi connectivity index (χ1) is 13.7. The number of aromatic amines is 1. The van der Waals surface area contributed by atoms with E-state index in [1.807, 2.05) is 36.4 Å². The van der Waals surface area contributed by atoms with Crippen molar-refractivity contribution in [3.05, 3.63) is 60.2 Å². The van der Waals surface area contributed by atoms with Crippen LogP contribution in [0.1, 0.15) is 48.2 Å². The molecule has 0 radical (unpaired) electrons. The number of benzene rings is 1. The highest BCUT2D eigenvalue weighted by molar-refractivity contribution is 6.06. The number of carbonyl (C=O) groups excluding carboxylic acids is 2. The topological polar surface area (TPSA) is 84.9 Å². The molecule has 4 rings (SSSR count). The molecular weight excluding hydrogens is 354 g/mol. The zero-order valence-electron chi connectivity index (χ0n) is 15.6. The van der Waals surface area contributed by atoms with Crippen LogP contribution in [-0.4, -0.2) is 26.7 Å². The van der Waals surface area contributed by atoms with Crippen LogP contribution in [-0.2, 0) is 16.1 Å². The number of esters is 1. The van der Waals surface area contributed by atoms with Crippen molar-refractivity contribution < 1.29 is 14.3 Å². The van der Waals surface area contributed by atoms with Crippen molar-refractivity contribution in [1.29, 1.82) is 0 Å². The molecule has 0 atom stereocenters. The fourth-order valence-corrected chi connectivity index (χ4v) is 3.92. The largest absolute Gasteiger partial charge is 0.461 e. The molecule has 1 saturated carbocycles. The van der Waals surface area contributed by atoms with Gasteiger partial charge in [-0.3, -0.25) is 9.59 Å². The molecule has 1 aliphatic carbocycles. The van der Waals surface area contributed by atoms with Crippen molar-refractivity contribution in [1.82, 2.24) is 15.0 Å². The lowest BCUT2D eigenvalue weighted by atomic mass is 9.78. The first-order valence-corrected chi connectivity index (χ1v) is 9.72. The molecule has 0 amide bonds. The van der Waals surface area contributed by atoms with Gasteiger partial charge in [-0.2, -0.15) is 0 Å². The maximum atomic E-state index is 12.9. The third-order valence-electron chi connectivity index (χ3n) is 5.50. The second kappa shape index (κ2) is 8.33. The SMILES string of the molecule is O=C(CC1CCC(C(=O)c2ncnc3[nH]ccc23)CC1)OCc1ccccc1. The minimum absolute atomic E-state index is 0.0374. The summed E-state index contributed by atoms with van der Waals surface area (Å²) in [5.41, 5.74) is 2.18. The summed E-state index contributed by atoms with van der Waals surface area (Å²) in [6.45, 7) is 0.313. The van der Waals surface area contributed by atoms with E-state index in [0.717, 1.165) is 36.6 Å². The van der Waals surface area contributed by atoms with Crippen LogP contribution in [0.3, 0.4) is 0 Å². The van der Waals surface area contributed by atoms with Crippen molar-refractivity contribution >= 4 is 22.8 Å². The highest BCUT2D eigenvalue weighted by atomic mass is 16.5. The molecule has 0 spiro atoms. The van der Waals surface area contributed by atoms with Crippen LogP contribution in [0.25, 0.3) is 11.0 Å². The number of Topliss-reactive ketones (excluding diaryl/α,β-unsaturated/α-hetero) is 1. The summed E-state index contributed by atoms with van der Waals surface area (Å²) in [5.74, 6) is 0.162. The number of hydrogen-bond acceptors (Lipinski definition) is 5. The van der Waals surface area contributed by atoms with E-state index >= 15 is 0 Å². The third kappa shape index (κ3) is 4.11. The number of hydrogen-bond donors (Lipinski definition) is 1. The third-order valence-corrected chi connectivity index (χ3v) is 5.50. The van der Waals surface area contributed by atoms with Gasteiger partial charge in [0.15, 0.2) is 5.78 Å². The Kier molecular flexibility index (Phi) is 5.46. The zero-order valence-corrected chi connectivity index (χ0v) is 15.6. The summed E-state index contributed by atoms with van der Waals surface area (Å²) >= 11 is 0. The van der Waals surface area contributed by atoms with Crippen LogP contribution in [0, 0.1) is 11.8 Å². The van der Waals surface area contributed by atoms with E-state index in [2.05, 4.69) is 15.0 Å². The Labute approximate surface area is 163 Å². The van der Waals surface area contributed by atoms with Crippen LogP contribution in [0.5, 0.6) is 0 Å². The average Bonchev–Trinajstić information content (AvgIpc) is 3.22. The Morgan fingerprint density at radius 2 is 1.82 bits per heavy atom. The summed E-state index contributed by atoms with van der Waals surface area (Å²) in [6.07, 6.45) is 6.91. The van der Waals surface area contributed by atoms with E-state index in [0.29, 0.717) is 24.4 Å². The monoisotopic (exact) mass is 377 g/mol. The summed E-state index contributed by atoms with van der Waals surface area (Å²) in [5, 5.41) is 0.777. The summed E-state index contributed by atoms with van der Waals surface area (Å²) in [7, 11) is 0. The maximum absolute atomic E-state index is 12.9. The van der Waals surface area contributed by atoms with Gasteiger partial charge in [0, 0.05) is 23.9 Å². The number of carbonyl (C=O) groups is 2. The van der Waals surface area contributed by atoms with Gasteiger partial charge in [-0.15, -0.1) is 0 Å². The Morgan fingerprint density at radius 3 is 2.61 bits per heavy atom. The molecule has 2 aromatic heterocycles. The van der Waals surface area contributed by atoms with Crippen LogP contribution < -0.4 is 0 Å². The lowest BCUT2D eigenvalue weighted by Gasteiger charge is -2.27. The van der Waals surface area contributed by atoms with Crippen LogP contribution in [0.2, 0.25) is 0 Å². The minimum atomic E-state index is -0.163. The molecule has 1 fully saturated rings. The number of ether oxygens (including phenoxy) is 1. The number of nitrogens with zero attached hydrogens (tertiary/aromatic N) is 2. The van der Waals surface area contributed by atoms with Crippen molar-refractivity contribution in [3.63, 3.8) is 0 Å². The quantitative estimate of drug-likeness (QED) is 0.517. The smallest absolute Gasteiger partial charge is 0.306 e. The Hall–Kier alpha value is -3.02. The van der Waals surface area contributed by atoms with Crippen molar-refractivity contribution in [2.45, 2.75) is 38.7 Å². The highest BCUT2D eigenvalue weighted by Gasteiger charge is 2.30. The Morgan fingerprint density at radius 1 is 1.04 bits per heavy atom. The fraction of sp³-hybridized carbons (Fsp3) is 0.364. The van der Waals surface area contributed by atoms with E-state index in [1.165, 1.54) is 6.33 Å². The first kappa shape index (κ1) is 18.3. The van der Waals surface area contributed by atoms with Gasteiger partial charge in [0.25, 0.3) is 0 Å². The van der Waals surface area contributed by atoms with Gasteiger partial charge >= 0.3 is 5.97 Å². The normalized spacial score (nSPS) is 19.4. The van der Waals surface area contributed by atoms with Crippen molar-refractivity contribution in [2.24, 2.45) is 11.8 Å². The van der Waals surface area contributed by atoms with Gasteiger partial charge in [0.2, 0.25) is 0 Å². The summed E-state index contributed by atoms with van der Waals surface area (Å²) in [6, 6.07) is 11.5. The molecule has 0 aliphatic heterocycles. The lowest BCUT2D eigenvalue weighted by molar-refractivity contribution is -0.146. The van der Waals surface area contributed by atoms with Gasteiger partial charge in [0.05, 0.1) is 0 Å². The number of fused-ring (bicyclic) bond motifs is 1. The van der Waals surface area contributed by atoms with Crippen molar-refractivity contribution in [2.75, 3.05) is 0 Å². The number of nitrogens with one attached hydrogen (secondary N) is 1. The number of aromatic nitrogens is 3. The van der Waals surface area contributed by atoms with Crippen LogP contribution >= 0.6 is 0 Å². The predicted octanol–water partition coefficient (Wildman–Crippen LogP) is 4.08. The molecule has 2 heterocycles. The van der Waals surface area contributed by atoms with Gasteiger partial charge in [-0.25, -0.2) is 9.97 Å². The van der Waals surface area contributed by atoms with E-state index in [1.54, 1.807) is 6.20 Å². The predicted molar refractivity (Wildman–Crippen MR) is 105 cm³/mol. The van der Waals surface area contributed by atoms with E-state index in [-0.39, 0.29) is 23.6 Å². The lowest BCUT2D eigenvalue weighted by Crippen LogP contribution is -2.24. The summed E-state index contributed by atoms with van der Waals surface area (Å²) in [4.78, 5) is 36.4. The zero-order chi connectivity index (χ0) is 19.3. The van der Waals surface area contributed by atoms with Gasteiger partial charge in [0.1, 0.15) is 24.3 Å². The standard InChI is InChI=1S/C22H23N3O3/c26-19(28-13-16-4-2-1-3-5-16)12-15-6-8-17(9-7-15)21(27)20-18-10-11-23-22(18)25-14-24-20/h1-5,10-11,14-15,17H,6-9,12-13H2,(H,23,24,25). The molecule has 1 aliphatic rings. The number of H-pyrrole nitrogens is 1. The molecular formula is C22H23N3O3. The Balaban J connectivity index is 1.28. The van der Waals surface area contributed by atoms with Gasteiger partial charge < -0.3 is 9.72 Å². The maximum Gasteiger partial charge on any atom is 0.306 e. The van der Waals surface area contributed by atoms with Crippen LogP contribution in [0.4, 0.5) is 0 Å².